The molecule has 0 aliphatic carbocycles. The molecule has 0 aliphatic rings. The van der Waals surface area contributed by atoms with Crippen molar-refractivity contribution in [1.82, 2.24) is 15.0 Å². The monoisotopic (exact) mass is 483 g/mol. The van der Waals surface area contributed by atoms with E-state index in [1.54, 1.807) is 29.8 Å². The van der Waals surface area contributed by atoms with Crippen LogP contribution in [-0.2, 0) is 9.59 Å². The van der Waals surface area contributed by atoms with Gasteiger partial charge in [0.1, 0.15) is 0 Å². The molecule has 0 bridgehead atoms. The number of thiazole rings is 1. The fourth-order valence-corrected chi connectivity index (χ4v) is 3.26. The highest BCUT2D eigenvalue weighted by Crippen LogP contribution is 2.16. The molecule has 11 heteroatoms. The lowest BCUT2D eigenvalue weighted by Gasteiger charge is -2.07. The Hall–Kier alpha value is -3.57. The van der Waals surface area contributed by atoms with Crippen molar-refractivity contribution in [2.24, 2.45) is 5.10 Å². The summed E-state index contributed by atoms with van der Waals surface area (Å²) in [6.45, 7) is 0. The molecular weight excluding hydrogens is 470 g/mol. The van der Waals surface area contributed by atoms with Gasteiger partial charge < -0.3 is 4.98 Å². The number of halogens is 1. The van der Waals surface area contributed by atoms with E-state index in [0.29, 0.717) is 16.3 Å². The Bertz CT molecular complexity index is 1190. The van der Waals surface area contributed by atoms with Crippen LogP contribution in [0.25, 0.3) is 11.0 Å². The number of carbonyl (C=O) groups excluding carboxylic acids is 2. The molecule has 9 nitrogen and oxygen atoms in total. The fraction of sp³-hybridized carbons (Fsp3) is 0. The summed E-state index contributed by atoms with van der Waals surface area (Å²) in [6.07, 6.45) is 1.55. The molecule has 0 radical (unpaired) electrons. The smallest absolute Gasteiger partial charge is 0.284 e. The number of hydrogen-bond acceptors (Lipinski definition) is 7. The van der Waals surface area contributed by atoms with Crippen LogP contribution < -0.4 is 16.1 Å². The van der Waals surface area contributed by atoms with Gasteiger partial charge in [-0.15, -0.1) is 11.3 Å². The van der Waals surface area contributed by atoms with Crippen LogP contribution in [0.5, 0.6) is 0 Å². The average molecular weight is 484 g/mol. The van der Waals surface area contributed by atoms with E-state index in [0.717, 1.165) is 9.99 Å². The average Bonchev–Trinajstić information content (AvgIpc) is 3.38. The predicted molar refractivity (Wildman–Crippen MR) is 121 cm³/mol. The molecule has 4 rings (SSSR count). The largest absolute Gasteiger partial charge is 0.324 e. The van der Waals surface area contributed by atoms with Gasteiger partial charge >= 0.3 is 0 Å². The van der Waals surface area contributed by atoms with Crippen LogP contribution in [0, 0.1) is 0 Å². The maximum absolute atomic E-state index is 12.8. The van der Waals surface area contributed by atoms with Gasteiger partial charge in [0, 0.05) is 16.0 Å². The van der Waals surface area contributed by atoms with Crippen molar-refractivity contribution in [3.8, 4) is 0 Å². The number of hydrogen-bond donors (Lipinski definition) is 4. The third kappa shape index (κ3) is 4.70. The second-order valence-electron chi connectivity index (χ2n) is 5.93. The first-order valence-electron chi connectivity index (χ1n) is 8.65. The predicted octanol–water partition coefficient (Wildman–Crippen LogP) is 3.83. The molecule has 0 fully saturated rings. The van der Waals surface area contributed by atoms with Gasteiger partial charge in [-0.1, -0.05) is 28.1 Å². The van der Waals surface area contributed by atoms with E-state index < -0.39 is 11.8 Å². The Morgan fingerprint density at radius 2 is 1.80 bits per heavy atom. The number of carbonyl (C=O) groups is 2. The van der Waals surface area contributed by atoms with Crippen LogP contribution in [0.15, 0.2) is 69.7 Å². The summed E-state index contributed by atoms with van der Waals surface area (Å²) < 4.78 is 0.890. The molecular formula is C19H14BrN7O2S. The molecule has 0 aliphatic heterocycles. The van der Waals surface area contributed by atoms with Gasteiger partial charge in [0.05, 0.1) is 16.7 Å². The number of fused-ring (bicyclic) bond motifs is 1. The molecule has 150 valence electrons. The minimum Gasteiger partial charge on any atom is -0.324 e. The summed E-state index contributed by atoms with van der Waals surface area (Å²) in [5.74, 6) is -1.23. The van der Waals surface area contributed by atoms with E-state index in [1.807, 2.05) is 30.3 Å². The van der Waals surface area contributed by atoms with Gasteiger partial charge in [-0.3, -0.25) is 25.6 Å². The van der Waals surface area contributed by atoms with Crippen molar-refractivity contribution in [3.63, 3.8) is 0 Å². The highest BCUT2D eigenvalue weighted by molar-refractivity contribution is 9.10. The molecule has 0 spiro atoms. The number of hydrazone groups is 1. The number of nitrogens with one attached hydrogen (secondary N) is 4. The molecule has 0 saturated heterocycles. The van der Waals surface area contributed by atoms with Crippen molar-refractivity contribution < 1.29 is 9.59 Å². The Balaban J connectivity index is 1.57. The third-order valence-electron chi connectivity index (χ3n) is 3.85. The summed E-state index contributed by atoms with van der Waals surface area (Å²) >= 11 is 4.58. The Morgan fingerprint density at radius 3 is 2.53 bits per heavy atom. The van der Waals surface area contributed by atoms with E-state index in [1.165, 1.54) is 11.3 Å². The van der Waals surface area contributed by atoms with E-state index in [2.05, 4.69) is 52.0 Å². The van der Waals surface area contributed by atoms with Crippen molar-refractivity contribution in [1.29, 1.82) is 0 Å². The lowest BCUT2D eigenvalue weighted by atomic mass is 10.3. The van der Waals surface area contributed by atoms with Gasteiger partial charge in [0.15, 0.2) is 5.13 Å². The van der Waals surface area contributed by atoms with Crippen LogP contribution >= 0.6 is 27.3 Å². The van der Waals surface area contributed by atoms with Crippen molar-refractivity contribution in [2.45, 2.75) is 0 Å². The number of para-hydroxylation sites is 2. The Morgan fingerprint density at radius 1 is 1.03 bits per heavy atom. The summed E-state index contributed by atoms with van der Waals surface area (Å²) in [6, 6.07) is 14.4. The van der Waals surface area contributed by atoms with E-state index in [4.69, 9.17) is 0 Å². The highest BCUT2D eigenvalue weighted by Gasteiger charge is 2.23. The quantitative estimate of drug-likeness (QED) is 0.188. The summed E-state index contributed by atoms with van der Waals surface area (Å²) in [7, 11) is 0. The van der Waals surface area contributed by atoms with Crippen molar-refractivity contribution >= 4 is 72.6 Å². The lowest BCUT2D eigenvalue weighted by Crippen LogP contribution is -2.35. The maximum atomic E-state index is 12.8. The van der Waals surface area contributed by atoms with E-state index in [-0.39, 0.29) is 11.7 Å². The molecule has 0 atom stereocenters. The molecule has 2 aromatic heterocycles. The van der Waals surface area contributed by atoms with Gasteiger partial charge in [-0.25, -0.2) is 9.97 Å². The first kappa shape index (κ1) is 19.7. The molecule has 0 saturated carbocycles. The van der Waals surface area contributed by atoms with Crippen LogP contribution in [0.1, 0.15) is 0 Å². The van der Waals surface area contributed by atoms with E-state index in [9.17, 15) is 9.59 Å². The maximum Gasteiger partial charge on any atom is 0.284 e. The molecule has 30 heavy (non-hydrogen) atoms. The second-order valence-corrected chi connectivity index (χ2v) is 7.74. The number of aromatic nitrogens is 3. The molecule has 2 heterocycles. The van der Waals surface area contributed by atoms with Crippen molar-refractivity contribution in [3.05, 3.63) is 64.6 Å². The number of rotatable bonds is 6. The lowest BCUT2D eigenvalue weighted by molar-refractivity contribution is -0.114. The van der Waals surface area contributed by atoms with Crippen LogP contribution in [0.3, 0.4) is 0 Å². The number of benzene rings is 2. The highest BCUT2D eigenvalue weighted by atomic mass is 79.9. The molecule has 4 N–H and O–H groups in total. The van der Waals surface area contributed by atoms with Gasteiger partial charge in [-0.2, -0.15) is 5.10 Å². The summed E-state index contributed by atoms with van der Waals surface area (Å²) in [5, 5.41) is 11.2. The van der Waals surface area contributed by atoms with Crippen LogP contribution in [0.2, 0.25) is 0 Å². The number of aromatic amines is 1. The first-order chi connectivity index (χ1) is 14.6. The second kappa shape index (κ2) is 8.84. The third-order valence-corrected chi connectivity index (χ3v) is 5.06. The zero-order valence-corrected chi connectivity index (χ0v) is 17.6. The zero-order chi connectivity index (χ0) is 20.9. The van der Waals surface area contributed by atoms with Gasteiger partial charge in [0.2, 0.25) is 11.7 Å². The van der Waals surface area contributed by atoms with Crippen LogP contribution in [0.4, 0.5) is 16.8 Å². The van der Waals surface area contributed by atoms with Crippen molar-refractivity contribution in [2.75, 3.05) is 16.1 Å². The first-order valence-corrected chi connectivity index (χ1v) is 10.3. The standard InChI is InChI=1S/C19H14BrN7O2S/c20-11-5-7-12(8-6-11)26-27-15(17(29)25-19-21-9-10-30-19)16(28)24-18-22-13-3-1-2-4-14(13)23-18/h1-10,26H,(H,21,25,29)(H2,22,23,24,28)/b27-15+. The van der Waals surface area contributed by atoms with Gasteiger partial charge in [-0.05, 0) is 36.4 Å². The Kier molecular flexibility index (Phi) is 5.82. The molecule has 2 amide bonds. The minimum absolute atomic E-state index is 0.208. The topological polar surface area (TPSA) is 124 Å². The number of nitrogens with zero attached hydrogens (tertiary/aromatic N) is 3. The minimum atomic E-state index is -0.729. The normalized spacial score (nSPS) is 11.3. The summed E-state index contributed by atoms with van der Waals surface area (Å²) in [4.78, 5) is 36.7. The Labute approximate surface area is 182 Å². The fourth-order valence-electron chi connectivity index (χ4n) is 2.47. The molecule has 4 aromatic rings. The number of amides is 2. The number of anilines is 3. The SMILES string of the molecule is O=C(Nc1nc2ccccc2[nH]1)/C(=N\Nc1ccc(Br)cc1)C(=O)Nc1nccs1. The summed E-state index contributed by atoms with van der Waals surface area (Å²) in [5.41, 5.74) is 4.39. The molecule has 0 unspecified atom stereocenters. The molecule has 2 aromatic carbocycles. The van der Waals surface area contributed by atoms with Crippen LogP contribution in [-0.4, -0.2) is 32.5 Å². The number of imidazole rings is 1. The van der Waals surface area contributed by atoms with Gasteiger partial charge in [0.25, 0.3) is 11.8 Å². The zero-order valence-electron chi connectivity index (χ0n) is 15.2. The number of H-pyrrole nitrogens is 1. The van der Waals surface area contributed by atoms with E-state index >= 15 is 0 Å².